The maximum Gasteiger partial charge on any atom is 0.318 e. The molecule has 1 aromatic carbocycles. The number of rotatable bonds is 2. The molecule has 1 saturated carbocycles. The second-order valence-electron chi connectivity index (χ2n) is 6.59. The van der Waals surface area contributed by atoms with Crippen molar-refractivity contribution in [1.82, 2.24) is 15.1 Å². The van der Waals surface area contributed by atoms with Crippen LogP contribution in [0.25, 0.3) is 0 Å². The van der Waals surface area contributed by atoms with Crippen molar-refractivity contribution >= 4 is 23.5 Å². The van der Waals surface area contributed by atoms with Crippen molar-refractivity contribution < 1.29 is 14.7 Å². The fourth-order valence-electron chi connectivity index (χ4n) is 3.14. The van der Waals surface area contributed by atoms with Gasteiger partial charge in [-0.1, -0.05) is 23.7 Å². The summed E-state index contributed by atoms with van der Waals surface area (Å²) >= 11 is 6.06. The topological polar surface area (TPSA) is 72.9 Å². The van der Waals surface area contributed by atoms with E-state index in [2.05, 4.69) is 5.32 Å². The van der Waals surface area contributed by atoms with Gasteiger partial charge in [0.15, 0.2) is 0 Å². The molecule has 0 spiro atoms. The Balaban J connectivity index is 1.67. The number of hydrogen-bond donors (Lipinski definition) is 2. The van der Waals surface area contributed by atoms with Crippen LogP contribution in [-0.4, -0.2) is 59.1 Å². The Labute approximate surface area is 146 Å². The van der Waals surface area contributed by atoms with Crippen LogP contribution in [0.15, 0.2) is 24.3 Å². The fourth-order valence-corrected chi connectivity index (χ4v) is 3.33. The highest BCUT2D eigenvalue weighted by atomic mass is 35.5. The summed E-state index contributed by atoms with van der Waals surface area (Å²) in [5.41, 5.74) is 0.642. The van der Waals surface area contributed by atoms with Gasteiger partial charge in [-0.2, -0.15) is 0 Å². The first-order valence-corrected chi connectivity index (χ1v) is 8.54. The van der Waals surface area contributed by atoms with Crippen molar-refractivity contribution in [2.24, 2.45) is 0 Å². The molecule has 1 aliphatic heterocycles. The van der Waals surface area contributed by atoms with E-state index in [1.165, 1.54) is 6.92 Å². The molecule has 0 bridgehead atoms. The third-order valence-corrected chi connectivity index (χ3v) is 4.94. The number of aliphatic hydroxyl groups excluding tert-OH is 1. The van der Waals surface area contributed by atoms with Crippen LogP contribution in [0.1, 0.15) is 25.3 Å². The maximum absolute atomic E-state index is 12.7. The van der Waals surface area contributed by atoms with Gasteiger partial charge >= 0.3 is 6.03 Å². The number of halogens is 1. The quantitative estimate of drug-likeness (QED) is 0.849. The molecule has 24 heavy (non-hydrogen) atoms. The number of urea groups is 1. The number of amides is 3. The molecule has 3 amide bonds. The summed E-state index contributed by atoms with van der Waals surface area (Å²) in [6.07, 6.45) is 1.01. The molecular formula is C17H22ClN3O3. The minimum atomic E-state index is -0.733. The van der Waals surface area contributed by atoms with E-state index in [0.29, 0.717) is 18.1 Å². The summed E-state index contributed by atoms with van der Waals surface area (Å²) in [4.78, 5) is 27.3. The standard InChI is InChI=1S/C17H22ClN3O3/c1-12(22)20-7-8-21(11-15(23)10-20)16(24)19-17(5-6-17)13-3-2-4-14(18)9-13/h2-4,9,15,23H,5-8,10-11H2,1H3,(H,19,24). The zero-order chi connectivity index (χ0) is 17.3. The van der Waals surface area contributed by atoms with E-state index in [1.807, 2.05) is 24.3 Å². The first kappa shape index (κ1) is 17.0. The van der Waals surface area contributed by atoms with Crippen molar-refractivity contribution in [3.05, 3.63) is 34.9 Å². The third kappa shape index (κ3) is 3.65. The molecule has 1 atom stereocenters. The van der Waals surface area contributed by atoms with Crippen LogP contribution < -0.4 is 5.32 Å². The highest BCUT2D eigenvalue weighted by Gasteiger charge is 2.46. The minimum Gasteiger partial charge on any atom is -0.389 e. The van der Waals surface area contributed by atoms with Gasteiger partial charge in [0.1, 0.15) is 0 Å². The van der Waals surface area contributed by atoms with Crippen molar-refractivity contribution in [2.45, 2.75) is 31.4 Å². The number of benzene rings is 1. The Morgan fingerprint density at radius 3 is 2.54 bits per heavy atom. The zero-order valence-electron chi connectivity index (χ0n) is 13.7. The van der Waals surface area contributed by atoms with E-state index in [0.717, 1.165) is 18.4 Å². The van der Waals surface area contributed by atoms with Crippen molar-refractivity contribution in [3.63, 3.8) is 0 Å². The molecule has 130 valence electrons. The Bertz CT molecular complexity index is 648. The van der Waals surface area contributed by atoms with Gasteiger partial charge in [0.25, 0.3) is 0 Å². The Morgan fingerprint density at radius 2 is 1.92 bits per heavy atom. The first-order chi connectivity index (χ1) is 11.4. The van der Waals surface area contributed by atoms with Gasteiger partial charge in [0.05, 0.1) is 18.2 Å². The summed E-state index contributed by atoms with van der Waals surface area (Å²) in [5, 5.41) is 13.8. The van der Waals surface area contributed by atoms with E-state index in [4.69, 9.17) is 11.6 Å². The minimum absolute atomic E-state index is 0.0890. The van der Waals surface area contributed by atoms with Gasteiger partial charge in [-0.3, -0.25) is 4.79 Å². The van der Waals surface area contributed by atoms with Crippen LogP contribution in [-0.2, 0) is 10.3 Å². The van der Waals surface area contributed by atoms with E-state index in [-0.39, 0.29) is 30.6 Å². The first-order valence-electron chi connectivity index (χ1n) is 8.16. The van der Waals surface area contributed by atoms with E-state index < -0.39 is 6.10 Å². The zero-order valence-corrected chi connectivity index (χ0v) is 14.4. The molecular weight excluding hydrogens is 330 g/mol. The van der Waals surface area contributed by atoms with Crippen LogP contribution in [0.5, 0.6) is 0 Å². The maximum atomic E-state index is 12.7. The van der Waals surface area contributed by atoms with E-state index in [1.54, 1.807) is 9.80 Å². The van der Waals surface area contributed by atoms with Gasteiger partial charge in [0, 0.05) is 31.6 Å². The van der Waals surface area contributed by atoms with E-state index >= 15 is 0 Å². The van der Waals surface area contributed by atoms with Crippen LogP contribution >= 0.6 is 11.6 Å². The number of carbonyl (C=O) groups excluding carboxylic acids is 2. The highest BCUT2D eigenvalue weighted by molar-refractivity contribution is 6.30. The average Bonchev–Trinajstić information content (AvgIpc) is 3.31. The summed E-state index contributed by atoms with van der Waals surface area (Å²) in [6.45, 7) is 2.80. The largest absolute Gasteiger partial charge is 0.389 e. The Kier molecular flexibility index (Phi) is 4.69. The van der Waals surface area contributed by atoms with Gasteiger partial charge in [0.2, 0.25) is 5.91 Å². The van der Waals surface area contributed by atoms with Crippen molar-refractivity contribution in [3.8, 4) is 0 Å². The second kappa shape index (κ2) is 6.61. The van der Waals surface area contributed by atoms with Crippen molar-refractivity contribution in [1.29, 1.82) is 0 Å². The molecule has 2 N–H and O–H groups in total. The fraction of sp³-hybridized carbons (Fsp3) is 0.529. The number of hydrogen-bond acceptors (Lipinski definition) is 3. The number of nitrogens with one attached hydrogen (secondary N) is 1. The Hall–Kier alpha value is -1.79. The lowest BCUT2D eigenvalue weighted by Gasteiger charge is -2.26. The van der Waals surface area contributed by atoms with E-state index in [9.17, 15) is 14.7 Å². The summed E-state index contributed by atoms with van der Waals surface area (Å²) in [5.74, 6) is -0.0890. The lowest BCUT2D eigenvalue weighted by molar-refractivity contribution is -0.129. The Morgan fingerprint density at radius 1 is 1.25 bits per heavy atom. The van der Waals surface area contributed by atoms with Crippen LogP contribution in [0.2, 0.25) is 5.02 Å². The van der Waals surface area contributed by atoms with Crippen LogP contribution in [0.3, 0.4) is 0 Å². The lowest BCUT2D eigenvalue weighted by Crippen LogP contribution is -2.47. The molecule has 7 heteroatoms. The smallest absolute Gasteiger partial charge is 0.318 e. The van der Waals surface area contributed by atoms with Gasteiger partial charge in [-0.15, -0.1) is 0 Å². The molecule has 0 aromatic heterocycles. The van der Waals surface area contributed by atoms with Crippen molar-refractivity contribution in [2.75, 3.05) is 26.2 Å². The number of β-amino-alcohol motifs (C(OH)–C–C–N with tert-alkyl or cyclic N) is 1. The number of nitrogens with zero attached hydrogens (tertiary/aromatic N) is 2. The number of carbonyl (C=O) groups is 2. The predicted molar refractivity (Wildman–Crippen MR) is 90.7 cm³/mol. The molecule has 1 aromatic rings. The molecule has 1 aliphatic carbocycles. The SMILES string of the molecule is CC(=O)N1CCN(C(=O)NC2(c3cccc(Cl)c3)CC2)CC(O)C1. The molecule has 1 saturated heterocycles. The summed E-state index contributed by atoms with van der Waals surface area (Å²) in [6, 6.07) is 7.32. The van der Waals surface area contributed by atoms with Gasteiger partial charge in [-0.25, -0.2) is 4.79 Å². The molecule has 6 nitrogen and oxygen atoms in total. The molecule has 1 heterocycles. The van der Waals surface area contributed by atoms with Gasteiger partial charge in [-0.05, 0) is 30.5 Å². The molecule has 2 fully saturated rings. The van der Waals surface area contributed by atoms with Crippen LogP contribution in [0.4, 0.5) is 4.79 Å². The molecule has 3 rings (SSSR count). The molecule has 2 aliphatic rings. The second-order valence-corrected chi connectivity index (χ2v) is 7.02. The van der Waals surface area contributed by atoms with Crippen LogP contribution in [0, 0.1) is 0 Å². The summed E-state index contributed by atoms with van der Waals surface area (Å²) < 4.78 is 0. The average molecular weight is 352 g/mol. The highest BCUT2D eigenvalue weighted by Crippen LogP contribution is 2.46. The number of aliphatic hydroxyl groups is 1. The van der Waals surface area contributed by atoms with Gasteiger partial charge < -0.3 is 20.2 Å². The predicted octanol–water partition coefficient (Wildman–Crippen LogP) is 1.56. The normalized spacial score (nSPS) is 22.7. The molecule has 1 unspecified atom stereocenters. The summed E-state index contributed by atoms with van der Waals surface area (Å²) in [7, 11) is 0. The monoisotopic (exact) mass is 351 g/mol. The lowest BCUT2D eigenvalue weighted by atomic mass is 10.1. The third-order valence-electron chi connectivity index (χ3n) is 4.71. The molecule has 0 radical (unpaired) electrons.